The van der Waals surface area contributed by atoms with Crippen LogP contribution in [-0.2, 0) is 0 Å². The Bertz CT molecular complexity index is 290. The highest BCUT2D eigenvalue weighted by Crippen LogP contribution is 2.21. The average molecular weight is 193 g/mol. The van der Waals surface area contributed by atoms with Crippen molar-refractivity contribution >= 4 is 0 Å². The van der Waals surface area contributed by atoms with E-state index in [0.29, 0.717) is 5.92 Å². The lowest BCUT2D eigenvalue weighted by molar-refractivity contribution is 0.605. The first-order valence-electron chi connectivity index (χ1n) is 5.24. The highest BCUT2D eigenvalue weighted by Gasteiger charge is 2.21. The first kappa shape index (κ1) is 9.66. The Hall–Kier alpha value is -0.890. The molecule has 1 unspecified atom stereocenters. The minimum Gasteiger partial charge on any atom is -0.313 e. The molecule has 0 bridgehead atoms. The molecule has 14 heavy (non-hydrogen) atoms. The van der Waals surface area contributed by atoms with Crippen molar-refractivity contribution in [2.45, 2.75) is 31.7 Å². The lowest BCUT2D eigenvalue weighted by Gasteiger charge is -2.12. The van der Waals surface area contributed by atoms with E-state index in [-0.39, 0.29) is 5.82 Å². The van der Waals surface area contributed by atoms with E-state index in [0.717, 1.165) is 12.6 Å². The van der Waals surface area contributed by atoms with Crippen LogP contribution in [0.3, 0.4) is 0 Å². The third-order valence-electron chi connectivity index (χ3n) is 2.73. The van der Waals surface area contributed by atoms with Gasteiger partial charge in [0.1, 0.15) is 5.82 Å². The molecular formula is C12H16FN. The Labute approximate surface area is 84.3 Å². The fourth-order valence-corrected chi connectivity index (χ4v) is 1.54. The molecule has 76 valence electrons. The summed E-state index contributed by atoms with van der Waals surface area (Å²) in [5, 5.41) is 3.48. The van der Waals surface area contributed by atoms with E-state index in [4.69, 9.17) is 0 Å². The lowest BCUT2D eigenvalue weighted by Crippen LogP contribution is -2.21. The van der Waals surface area contributed by atoms with Gasteiger partial charge in [-0.25, -0.2) is 4.39 Å². The van der Waals surface area contributed by atoms with Crippen molar-refractivity contribution in [2.24, 2.45) is 0 Å². The molecule has 0 radical (unpaired) electrons. The Balaban J connectivity index is 1.88. The Morgan fingerprint density at radius 2 is 2.00 bits per heavy atom. The molecule has 1 fully saturated rings. The molecule has 1 aromatic carbocycles. The molecule has 1 aliphatic rings. The zero-order valence-corrected chi connectivity index (χ0v) is 8.46. The van der Waals surface area contributed by atoms with Gasteiger partial charge >= 0.3 is 0 Å². The lowest BCUT2D eigenvalue weighted by atomic mass is 10.0. The van der Waals surface area contributed by atoms with Crippen LogP contribution >= 0.6 is 0 Å². The predicted octanol–water partition coefficient (Wildman–Crippen LogP) is 2.68. The zero-order valence-electron chi connectivity index (χ0n) is 8.46. The van der Waals surface area contributed by atoms with Gasteiger partial charge < -0.3 is 5.32 Å². The van der Waals surface area contributed by atoms with Crippen LogP contribution in [0.5, 0.6) is 0 Å². The monoisotopic (exact) mass is 193 g/mol. The number of rotatable bonds is 4. The second kappa shape index (κ2) is 4.09. The standard InChI is InChI=1S/C12H16FN/c1-9(8-14-12-6-7-12)10-2-4-11(13)5-3-10/h2-5,9,12,14H,6-8H2,1H3. The van der Waals surface area contributed by atoms with Gasteiger partial charge in [0, 0.05) is 12.6 Å². The average Bonchev–Trinajstić information content (AvgIpc) is 2.99. The molecule has 0 aromatic heterocycles. The quantitative estimate of drug-likeness (QED) is 0.775. The second-order valence-corrected chi connectivity index (χ2v) is 4.14. The number of halogens is 1. The van der Waals surface area contributed by atoms with E-state index in [2.05, 4.69) is 12.2 Å². The molecule has 1 saturated carbocycles. The second-order valence-electron chi connectivity index (χ2n) is 4.14. The van der Waals surface area contributed by atoms with Gasteiger partial charge in [0.25, 0.3) is 0 Å². The molecule has 1 aromatic rings. The molecule has 1 nitrogen and oxygen atoms in total. The summed E-state index contributed by atoms with van der Waals surface area (Å²) in [7, 11) is 0. The topological polar surface area (TPSA) is 12.0 Å². The van der Waals surface area contributed by atoms with Crippen molar-refractivity contribution in [1.82, 2.24) is 5.32 Å². The van der Waals surface area contributed by atoms with Crippen molar-refractivity contribution < 1.29 is 4.39 Å². The SMILES string of the molecule is CC(CNC1CC1)c1ccc(F)cc1. The number of hydrogen-bond donors (Lipinski definition) is 1. The van der Waals surface area contributed by atoms with Crippen LogP contribution in [0.15, 0.2) is 24.3 Å². The molecule has 2 rings (SSSR count). The van der Waals surface area contributed by atoms with Gasteiger partial charge in [-0.15, -0.1) is 0 Å². The maximum Gasteiger partial charge on any atom is 0.123 e. The molecular weight excluding hydrogens is 177 g/mol. The summed E-state index contributed by atoms with van der Waals surface area (Å²) in [4.78, 5) is 0. The smallest absolute Gasteiger partial charge is 0.123 e. The maximum absolute atomic E-state index is 12.7. The van der Waals surface area contributed by atoms with Crippen LogP contribution < -0.4 is 5.32 Å². The van der Waals surface area contributed by atoms with Crippen LogP contribution in [-0.4, -0.2) is 12.6 Å². The van der Waals surface area contributed by atoms with Crippen molar-refractivity contribution in [1.29, 1.82) is 0 Å². The van der Waals surface area contributed by atoms with Crippen molar-refractivity contribution in [2.75, 3.05) is 6.54 Å². The third-order valence-corrected chi connectivity index (χ3v) is 2.73. The minimum atomic E-state index is -0.156. The Kier molecular flexibility index (Phi) is 2.82. The normalized spacial score (nSPS) is 18.1. The zero-order chi connectivity index (χ0) is 9.97. The van der Waals surface area contributed by atoms with E-state index in [1.54, 1.807) is 0 Å². The summed E-state index contributed by atoms with van der Waals surface area (Å²) >= 11 is 0. The van der Waals surface area contributed by atoms with Crippen LogP contribution in [0, 0.1) is 5.82 Å². The minimum absolute atomic E-state index is 0.156. The fraction of sp³-hybridized carbons (Fsp3) is 0.500. The van der Waals surface area contributed by atoms with E-state index >= 15 is 0 Å². The molecule has 1 N–H and O–H groups in total. The summed E-state index contributed by atoms with van der Waals surface area (Å²) < 4.78 is 12.7. The molecule has 1 aliphatic carbocycles. The Morgan fingerprint density at radius 1 is 1.36 bits per heavy atom. The number of benzene rings is 1. The molecule has 0 amide bonds. The molecule has 0 heterocycles. The van der Waals surface area contributed by atoms with Gasteiger partial charge in [0.15, 0.2) is 0 Å². The summed E-state index contributed by atoms with van der Waals surface area (Å²) in [6.07, 6.45) is 2.63. The third kappa shape index (κ3) is 2.55. The van der Waals surface area contributed by atoms with Crippen LogP contribution in [0.2, 0.25) is 0 Å². The molecule has 1 atom stereocenters. The summed E-state index contributed by atoms with van der Waals surface area (Å²) in [6.45, 7) is 3.17. The van der Waals surface area contributed by atoms with Crippen LogP contribution in [0.1, 0.15) is 31.2 Å². The van der Waals surface area contributed by atoms with Gasteiger partial charge in [-0.1, -0.05) is 19.1 Å². The van der Waals surface area contributed by atoms with E-state index in [1.807, 2.05) is 12.1 Å². The van der Waals surface area contributed by atoms with E-state index < -0.39 is 0 Å². The van der Waals surface area contributed by atoms with Gasteiger partial charge in [-0.3, -0.25) is 0 Å². The molecule has 0 aliphatic heterocycles. The van der Waals surface area contributed by atoms with Crippen molar-refractivity contribution in [3.05, 3.63) is 35.6 Å². The number of nitrogens with one attached hydrogen (secondary N) is 1. The summed E-state index contributed by atoms with van der Waals surface area (Å²) in [5.41, 5.74) is 1.21. The first-order valence-corrected chi connectivity index (χ1v) is 5.24. The van der Waals surface area contributed by atoms with Gasteiger partial charge in [0.05, 0.1) is 0 Å². The highest BCUT2D eigenvalue weighted by atomic mass is 19.1. The summed E-state index contributed by atoms with van der Waals surface area (Å²) in [5.74, 6) is 0.312. The van der Waals surface area contributed by atoms with Gasteiger partial charge in [-0.05, 0) is 36.5 Å². The van der Waals surface area contributed by atoms with Gasteiger partial charge in [0.2, 0.25) is 0 Å². The summed E-state index contributed by atoms with van der Waals surface area (Å²) in [6, 6.07) is 7.55. The van der Waals surface area contributed by atoms with Gasteiger partial charge in [-0.2, -0.15) is 0 Å². The maximum atomic E-state index is 12.7. The Morgan fingerprint density at radius 3 is 2.57 bits per heavy atom. The van der Waals surface area contributed by atoms with Crippen LogP contribution in [0.25, 0.3) is 0 Å². The molecule has 0 saturated heterocycles. The number of hydrogen-bond acceptors (Lipinski definition) is 1. The largest absolute Gasteiger partial charge is 0.313 e. The molecule has 0 spiro atoms. The van der Waals surface area contributed by atoms with E-state index in [1.165, 1.54) is 30.5 Å². The predicted molar refractivity (Wildman–Crippen MR) is 55.8 cm³/mol. The molecule has 2 heteroatoms. The van der Waals surface area contributed by atoms with Crippen molar-refractivity contribution in [3.8, 4) is 0 Å². The van der Waals surface area contributed by atoms with Crippen LogP contribution in [0.4, 0.5) is 4.39 Å². The first-order chi connectivity index (χ1) is 6.75. The highest BCUT2D eigenvalue weighted by molar-refractivity contribution is 5.20. The van der Waals surface area contributed by atoms with Crippen molar-refractivity contribution in [3.63, 3.8) is 0 Å². The van der Waals surface area contributed by atoms with E-state index in [9.17, 15) is 4.39 Å². The fourth-order valence-electron chi connectivity index (χ4n) is 1.54.